The van der Waals surface area contributed by atoms with Gasteiger partial charge in [-0.1, -0.05) is 71.7 Å². The van der Waals surface area contributed by atoms with Gasteiger partial charge in [0.2, 0.25) is 0 Å². The van der Waals surface area contributed by atoms with Crippen molar-refractivity contribution < 1.29 is 95.2 Å². The second kappa shape index (κ2) is 28.2. The third kappa shape index (κ3) is 16.2. The van der Waals surface area contributed by atoms with Crippen LogP contribution in [0.15, 0.2) is 78.9 Å². The Morgan fingerprint density at radius 3 is 1.35 bits per heavy atom. The van der Waals surface area contributed by atoms with Gasteiger partial charge >= 0.3 is 47.8 Å². The van der Waals surface area contributed by atoms with Crippen molar-refractivity contribution in [1.29, 1.82) is 0 Å². The molecule has 0 bridgehead atoms. The van der Waals surface area contributed by atoms with Gasteiger partial charge < -0.3 is 56.8 Å². The van der Waals surface area contributed by atoms with Gasteiger partial charge in [0.25, 0.3) is 0 Å². The van der Waals surface area contributed by atoms with Crippen molar-refractivity contribution in [1.82, 2.24) is 0 Å². The number of carbonyl (C=O) groups excluding carboxylic acids is 8. The molecule has 0 saturated carbocycles. The molecular formula is C58H64Cl2O20. The molecule has 2 aliphatic rings. The monoisotopic (exact) mass is 1150 g/mol. The van der Waals surface area contributed by atoms with Gasteiger partial charge in [0.15, 0.2) is 36.6 Å². The van der Waals surface area contributed by atoms with Crippen molar-refractivity contribution in [2.24, 2.45) is 0 Å². The number of hydrogen-bond acceptors (Lipinski definition) is 20. The Labute approximate surface area is 472 Å². The molecule has 2 saturated heterocycles. The summed E-state index contributed by atoms with van der Waals surface area (Å²) < 4.78 is 70.2. The Kier molecular flexibility index (Phi) is 21.9. The van der Waals surface area contributed by atoms with Gasteiger partial charge in [-0.3, -0.25) is 38.4 Å². The largest absolute Gasteiger partial charge is 0.494 e. The molecule has 1 unspecified atom stereocenters. The molecule has 4 aromatic carbocycles. The second-order valence-electron chi connectivity index (χ2n) is 18.8. The summed E-state index contributed by atoms with van der Waals surface area (Å²) in [6.07, 6.45) is -13.1. The molecule has 2 aliphatic heterocycles. The second-order valence-corrected chi connectivity index (χ2v) is 19.6. The van der Waals surface area contributed by atoms with Crippen LogP contribution in [-0.2, 0) is 92.1 Å². The predicted octanol–water partition coefficient (Wildman–Crippen LogP) is 8.16. The highest BCUT2D eigenvalue weighted by Gasteiger charge is 2.54. The van der Waals surface area contributed by atoms with E-state index in [1.54, 1.807) is 36.4 Å². The van der Waals surface area contributed by atoms with Crippen molar-refractivity contribution in [3.8, 4) is 11.5 Å². The van der Waals surface area contributed by atoms with Crippen LogP contribution in [-0.4, -0.2) is 123 Å². The Balaban J connectivity index is 1.51. The number of rotatable bonds is 21. The summed E-state index contributed by atoms with van der Waals surface area (Å²) >= 11 is 14.3. The summed E-state index contributed by atoms with van der Waals surface area (Å²) in [5, 5.41) is 0.616. The van der Waals surface area contributed by atoms with Crippen LogP contribution in [0.3, 0.4) is 0 Å². The number of carbonyl (C=O) groups is 8. The zero-order valence-electron chi connectivity index (χ0n) is 45.8. The standard InChI is InChI=1S/C58H64Cl2O20/c1-11-69-42-18-14-38(15-19-42)50(43-26-40(17-21-46(43)60)52-56(76-34(8)66)58(78-36(10)68)54(74-32(6)64)49(80-52)28-72-30(4)62)44-24-37(13-22-47(44)70-12-2)23-41-25-39(16-20-45(41)59)51-55(75-33(7)65)57(77-35(9)67)53(73-31(5)63)48(79-51)27-71-29(3)61/h13-22,24-26,48-58H,11-12,23,27-28H2,1-10H3/t48-,49-,50?,51+,52+,53-,54-,55+,56+,57+,58+/m1/s1. The summed E-state index contributed by atoms with van der Waals surface area (Å²) in [4.78, 5) is 100. The molecule has 80 heavy (non-hydrogen) atoms. The maximum absolute atomic E-state index is 12.9. The Morgan fingerprint density at radius 2 is 0.900 bits per heavy atom. The van der Waals surface area contributed by atoms with Crippen LogP contribution in [0.25, 0.3) is 0 Å². The third-order valence-corrected chi connectivity index (χ3v) is 13.4. The maximum atomic E-state index is 12.9. The maximum Gasteiger partial charge on any atom is 0.303 e. The number of esters is 8. The topological polar surface area (TPSA) is 247 Å². The van der Waals surface area contributed by atoms with Crippen molar-refractivity contribution in [2.45, 2.75) is 143 Å². The van der Waals surface area contributed by atoms with E-state index in [9.17, 15) is 38.4 Å². The van der Waals surface area contributed by atoms with Gasteiger partial charge in [-0.05, 0) is 84.0 Å². The summed E-state index contributed by atoms with van der Waals surface area (Å²) in [6.45, 7) is 12.7. The molecule has 430 valence electrons. The molecule has 2 fully saturated rings. The van der Waals surface area contributed by atoms with E-state index in [0.29, 0.717) is 56.5 Å². The molecule has 0 radical (unpaired) electrons. The molecule has 4 aromatic rings. The van der Waals surface area contributed by atoms with Crippen LogP contribution in [0.1, 0.15) is 126 Å². The fourth-order valence-electron chi connectivity index (χ4n) is 9.75. The number of halogens is 2. The Bertz CT molecular complexity index is 2910. The highest BCUT2D eigenvalue weighted by atomic mass is 35.5. The van der Waals surface area contributed by atoms with Gasteiger partial charge in [-0.2, -0.15) is 0 Å². The summed E-state index contributed by atoms with van der Waals surface area (Å²) in [5.74, 6) is -5.67. The highest BCUT2D eigenvalue weighted by Crippen LogP contribution is 2.46. The predicted molar refractivity (Wildman–Crippen MR) is 284 cm³/mol. The minimum atomic E-state index is -1.44. The lowest BCUT2D eigenvalue weighted by Crippen LogP contribution is -2.59. The summed E-state index contributed by atoms with van der Waals surface area (Å²) in [6, 6.07) is 23.0. The molecule has 6 rings (SSSR count). The fraction of sp³-hybridized carbons (Fsp3) is 0.448. The molecule has 20 nitrogen and oxygen atoms in total. The van der Waals surface area contributed by atoms with Gasteiger partial charge in [0, 0.05) is 76.9 Å². The summed E-state index contributed by atoms with van der Waals surface area (Å²) in [5.41, 5.74) is 3.91. The lowest BCUT2D eigenvalue weighted by Gasteiger charge is -2.44. The molecule has 0 aliphatic carbocycles. The lowest BCUT2D eigenvalue weighted by atomic mass is 9.81. The Hall–Kier alpha value is -7.26. The number of ether oxygens (including phenoxy) is 12. The lowest BCUT2D eigenvalue weighted by molar-refractivity contribution is -0.254. The third-order valence-electron chi connectivity index (χ3n) is 12.6. The minimum absolute atomic E-state index is 0.172. The molecule has 0 aromatic heterocycles. The first-order valence-electron chi connectivity index (χ1n) is 25.6. The minimum Gasteiger partial charge on any atom is -0.494 e. The van der Waals surface area contributed by atoms with Crippen molar-refractivity contribution in [3.05, 3.63) is 128 Å². The first-order valence-corrected chi connectivity index (χ1v) is 26.4. The van der Waals surface area contributed by atoms with Crippen LogP contribution < -0.4 is 9.47 Å². The van der Waals surface area contributed by atoms with E-state index in [-0.39, 0.29) is 18.1 Å². The van der Waals surface area contributed by atoms with Gasteiger partial charge in [-0.15, -0.1) is 0 Å². The average Bonchev–Trinajstić information content (AvgIpc) is 3.56. The fourth-order valence-corrected chi connectivity index (χ4v) is 10.2. The van der Waals surface area contributed by atoms with Crippen LogP contribution in [0.4, 0.5) is 0 Å². The van der Waals surface area contributed by atoms with E-state index in [4.69, 9.17) is 80.0 Å². The smallest absolute Gasteiger partial charge is 0.303 e. The van der Waals surface area contributed by atoms with E-state index >= 15 is 0 Å². The summed E-state index contributed by atoms with van der Waals surface area (Å²) in [7, 11) is 0. The van der Waals surface area contributed by atoms with Crippen LogP contribution in [0, 0.1) is 0 Å². The molecule has 0 N–H and O–H groups in total. The van der Waals surface area contributed by atoms with E-state index in [1.165, 1.54) is 13.8 Å². The van der Waals surface area contributed by atoms with Crippen molar-refractivity contribution >= 4 is 71.0 Å². The molecule has 2 heterocycles. The van der Waals surface area contributed by atoms with E-state index in [2.05, 4.69) is 0 Å². The van der Waals surface area contributed by atoms with E-state index in [0.717, 1.165) is 47.1 Å². The van der Waals surface area contributed by atoms with Gasteiger partial charge in [-0.25, -0.2) is 0 Å². The SMILES string of the molecule is CCOc1ccc(C(c2cc([C@@H]3O[C@H](COC(C)=O)[C@@H](OC(C)=O)[C@H](OC(C)=O)[C@H]3OC(C)=O)ccc2Cl)c2cc(Cc3cc([C@@H]4O[C@H](COC(C)=O)[C@@H](OC(C)=O)[C@H](OC(C)=O)[C@H]4OC(C)=O)ccc3Cl)ccc2OCC)cc1. The molecular weight excluding hydrogens is 1090 g/mol. The van der Waals surface area contributed by atoms with E-state index in [1.807, 2.05) is 56.3 Å². The van der Waals surface area contributed by atoms with E-state index < -0.39 is 128 Å². The van der Waals surface area contributed by atoms with Crippen LogP contribution >= 0.6 is 23.2 Å². The number of benzene rings is 4. The quantitative estimate of drug-likeness (QED) is 0.0433. The van der Waals surface area contributed by atoms with Gasteiger partial charge in [0.1, 0.15) is 49.1 Å². The van der Waals surface area contributed by atoms with Crippen LogP contribution in [0.5, 0.6) is 11.5 Å². The molecule has 22 heteroatoms. The van der Waals surface area contributed by atoms with Crippen LogP contribution in [0.2, 0.25) is 10.0 Å². The molecule has 0 spiro atoms. The number of hydrogen-bond donors (Lipinski definition) is 0. The average molecular weight is 1150 g/mol. The van der Waals surface area contributed by atoms with Crippen molar-refractivity contribution in [3.63, 3.8) is 0 Å². The highest BCUT2D eigenvalue weighted by molar-refractivity contribution is 6.31. The molecule has 0 amide bonds. The first-order chi connectivity index (χ1) is 38.0. The zero-order chi connectivity index (χ0) is 58.5. The normalized spacial score (nSPS) is 22.8. The zero-order valence-corrected chi connectivity index (χ0v) is 47.3. The Morgan fingerprint density at radius 1 is 0.463 bits per heavy atom. The van der Waals surface area contributed by atoms with Gasteiger partial charge in [0.05, 0.1) is 13.2 Å². The van der Waals surface area contributed by atoms with Crippen molar-refractivity contribution in [2.75, 3.05) is 26.4 Å². The molecule has 11 atom stereocenters. The first kappa shape index (κ1) is 61.9.